The first-order chi connectivity index (χ1) is 15.9. The molecule has 14 heteroatoms. The van der Waals surface area contributed by atoms with Gasteiger partial charge in [0.15, 0.2) is 16.6 Å². The zero-order valence-corrected chi connectivity index (χ0v) is 28.8. The summed E-state index contributed by atoms with van der Waals surface area (Å²) in [4.78, 5) is 0. The molecule has 0 fully saturated rings. The van der Waals surface area contributed by atoms with E-state index >= 15 is 0 Å². The van der Waals surface area contributed by atoms with Gasteiger partial charge in [-0.15, -0.1) is 0 Å². The first-order valence-corrected chi connectivity index (χ1v) is 24.8. The molecule has 0 saturated heterocycles. The molecule has 0 aromatic carbocycles. The molecule has 0 N–H and O–H groups in total. The molecule has 0 aliphatic rings. The molecule has 0 aliphatic heterocycles. The molecule has 8 nitrogen and oxygen atoms in total. The normalized spacial score (nSPS) is 13.6. The molecule has 0 atom stereocenters. The quantitative estimate of drug-likeness (QED) is 0.123. The van der Waals surface area contributed by atoms with Crippen molar-refractivity contribution in [1.82, 2.24) is 0 Å². The maximum absolute atomic E-state index is 6.23. The van der Waals surface area contributed by atoms with Gasteiger partial charge < -0.3 is 35.4 Å². The summed E-state index contributed by atoms with van der Waals surface area (Å²) in [5, 5.41) is 0. The Labute approximate surface area is 221 Å². The van der Waals surface area contributed by atoms with Crippen molar-refractivity contribution in [2.24, 2.45) is 0 Å². The van der Waals surface area contributed by atoms with Gasteiger partial charge in [-0.3, -0.25) is 0 Å². The van der Waals surface area contributed by atoms with Crippen LogP contribution in [0.25, 0.3) is 0 Å². The molecule has 0 aliphatic carbocycles. The lowest BCUT2D eigenvalue weighted by molar-refractivity contribution is 0.0605. The molecule has 0 aromatic heterocycles. The maximum Gasteiger partial charge on any atom is 0.490 e. The third-order valence-corrected chi connectivity index (χ3v) is 18.6. The van der Waals surface area contributed by atoms with Crippen LogP contribution in [-0.2, 0) is 35.4 Å². The van der Waals surface area contributed by atoms with Crippen LogP contribution in [-0.4, -0.2) is 112 Å². The van der Waals surface area contributed by atoms with Gasteiger partial charge >= 0.3 is 17.6 Å². The zero-order chi connectivity index (χ0) is 26.1. The largest absolute Gasteiger partial charge is 0.490 e. The molecular formula is C20H50O8S2Si4. The van der Waals surface area contributed by atoms with Crippen LogP contribution in [0.4, 0.5) is 0 Å². The van der Waals surface area contributed by atoms with Gasteiger partial charge in [0, 0.05) is 52.0 Å². The lowest BCUT2D eigenvalue weighted by atomic mass is 10.7. The summed E-state index contributed by atoms with van der Waals surface area (Å²) in [6.45, 7) is 15.6. The topological polar surface area (TPSA) is 73.8 Å². The van der Waals surface area contributed by atoms with Gasteiger partial charge in [-0.1, -0.05) is 0 Å². The summed E-state index contributed by atoms with van der Waals surface area (Å²) < 4.78 is 46.5. The van der Waals surface area contributed by atoms with Gasteiger partial charge in [0.05, 0.1) is 26.4 Å². The molecule has 0 spiro atoms. The Balaban J connectivity index is 3.76. The Kier molecular flexibility index (Phi) is 19.2. The third kappa shape index (κ3) is 17.7. The van der Waals surface area contributed by atoms with Crippen molar-refractivity contribution >= 4 is 57.8 Å². The molecule has 0 unspecified atom stereocenters. The Bertz CT molecular complexity index is 458. The van der Waals surface area contributed by atoms with Crippen LogP contribution in [0.5, 0.6) is 0 Å². The van der Waals surface area contributed by atoms with Crippen LogP contribution < -0.4 is 0 Å². The fourth-order valence-electron chi connectivity index (χ4n) is 2.93. The highest BCUT2D eigenvalue weighted by molar-refractivity contribution is 7.99. The van der Waals surface area contributed by atoms with E-state index in [2.05, 4.69) is 39.3 Å². The third-order valence-electron chi connectivity index (χ3n) is 4.39. The number of hydrogen-bond donors (Lipinski definition) is 0. The molecule has 0 rings (SSSR count). The predicted octanol–water partition coefficient (Wildman–Crippen LogP) is 4.65. The fraction of sp³-hybridized carbons (Fsp3) is 1.00. The summed E-state index contributed by atoms with van der Waals surface area (Å²) in [5.41, 5.74) is 0. The van der Waals surface area contributed by atoms with Crippen molar-refractivity contribution < 1.29 is 35.4 Å². The van der Waals surface area contributed by atoms with Crippen LogP contribution in [0.3, 0.4) is 0 Å². The first kappa shape index (κ1) is 35.2. The SMILES string of the molecule is CO[Si](CCSCCOCCOCCSCC[Si](OC)(OC)O[Si](C)(C)C)(OC)O[Si](C)(C)C. The molecule has 34 heavy (non-hydrogen) atoms. The van der Waals surface area contributed by atoms with Crippen LogP contribution in [0, 0.1) is 0 Å². The lowest BCUT2D eigenvalue weighted by Crippen LogP contribution is -2.51. The lowest BCUT2D eigenvalue weighted by Gasteiger charge is -2.33. The highest BCUT2D eigenvalue weighted by Gasteiger charge is 2.43. The van der Waals surface area contributed by atoms with Gasteiger partial charge in [0.1, 0.15) is 0 Å². The monoisotopic (exact) mass is 594 g/mol. The molecule has 0 radical (unpaired) electrons. The molecule has 206 valence electrons. The number of ether oxygens (including phenoxy) is 2. The minimum Gasteiger partial charge on any atom is -0.416 e. The summed E-state index contributed by atoms with van der Waals surface area (Å²) in [5.74, 6) is 3.75. The van der Waals surface area contributed by atoms with Crippen LogP contribution in [0.1, 0.15) is 0 Å². The second kappa shape index (κ2) is 18.5. The van der Waals surface area contributed by atoms with Gasteiger partial charge in [0.25, 0.3) is 0 Å². The Morgan fingerprint density at radius 2 is 0.794 bits per heavy atom. The summed E-state index contributed by atoms with van der Waals surface area (Å²) in [6.07, 6.45) is 0. The average molecular weight is 595 g/mol. The van der Waals surface area contributed by atoms with Gasteiger partial charge in [-0.25, -0.2) is 0 Å². The molecular weight excluding hydrogens is 545 g/mol. The van der Waals surface area contributed by atoms with E-state index in [1.54, 1.807) is 28.4 Å². The number of rotatable bonds is 23. The van der Waals surface area contributed by atoms with E-state index in [4.69, 9.17) is 35.4 Å². The van der Waals surface area contributed by atoms with Gasteiger partial charge in [-0.2, -0.15) is 23.5 Å². The van der Waals surface area contributed by atoms with Crippen molar-refractivity contribution in [1.29, 1.82) is 0 Å². The molecule has 0 amide bonds. The summed E-state index contributed by atoms with van der Waals surface area (Å²) in [6, 6.07) is 1.64. The van der Waals surface area contributed by atoms with E-state index < -0.39 is 34.2 Å². The predicted molar refractivity (Wildman–Crippen MR) is 154 cm³/mol. The van der Waals surface area contributed by atoms with Crippen molar-refractivity contribution in [3.8, 4) is 0 Å². The minimum absolute atomic E-state index is 0.617. The summed E-state index contributed by atoms with van der Waals surface area (Å²) >= 11 is 3.68. The van der Waals surface area contributed by atoms with Gasteiger partial charge in [-0.05, 0) is 50.8 Å². The van der Waals surface area contributed by atoms with Crippen molar-refractivity contribution in [2.75, 3.05) is 77.9 Å². The molecule has 0 aromatic rings. The van der Waals surface area contributed by atoms with Crippen LogP contribution >= 0.6 is 23.5 Å². The Morgan fingerprint density at radius 1 is 0.471 bits per heavy atom. The highest BCUT2D eigenvalue weighted by Crippen LogP contribution is 2.23. The van der Waals surface area contributed by atoms with E-state index in [0.717, 1.165) is 35.1 Å². The van der Waals surface area contributed by atoms with E-state index in [1.165, 1.54) is 0 Å². The van der Waals surface area contributed by atoms with Crippen molar-refractivity contribution in [3.05, 3.63) is 0 Å². The second-order valence-corrected chi connectivity index (χ2v) is 27.5. The highest BCUT2D eigenvalue weighted by atomic mass is 32.2. The smallest absolute Gasteiger partial charge is 0.416 e. The van der Waals surface area contributed by atoms with E-state index in [1.807, 2.05) is 23.5 Å². The van der Waals surface area contributed by atoms with Crippen LogP contribution in [0.15, 0.2) is 0 Å². The van der Waals surface area contributed by atoms with Crippen molar-refractivity contribution in [2.45, 2.75) is 51.4 Å². The van der Waals surface area contributed by atoms with Crippen LogP contribution in [0.2, 0.25) is 51.4 Å². The van der Waals surface area contributed by atoms with Gasteiger partial charge in [0.2, 0.25) is 0 Å². The fourth-order valence-corrected chi connectivity index (χ4v) is 17.7. The molecule has 0 bridgehead atoms. The van der Waals surface area contributed by atoms with Crippen molar-refractivity contribution in [3.63, 3.8) is 0 Å². The Morgan fingerprint density at radius 3 is 1.06 bits per heavy atom. The maximum atomic E-state index is 6.23. The minimum atomic E-state index is -2.54. The van der Waals surface area contributed by atoms with E-state index in [-0.39, 0.29) is 0 Å². The molecule has 0 saturated carbocycles. The molecule has 0 heterocycles. The second-order valence-electron chi connectivity index (χ2n) is 9.56. The Hall–Kier alpha value is 1.25. The average Bonchev–Trinajstić information content (AvgIpc) is 2.76. The number of hydrogen-bond acceptors (Lipinski definition) is 10. The summed E-state index contributed by atoms with van der Waals surface area (Å²) in [7, 11) is -1.74. The van der Waals surface area contributed by atoms with E-state index in [9.17, 15) is 0 Å². The number of thioether (sulfide) groups is 2. The standard InChI is InChI=1S/C20H50O8S2Si4/c1-21-33(22-2,27-31(5,6)7)19-17-29-15-13-25-11-12-26-14-16-30-18-20-34(23-3,24-4)28-32(8,9)10/h11-20H2,1-10H3. The zero-order valence-electron chi connectivity index (χ0n) is 23.2. The van der Waals surface area contributed by atoms with E-state index in [0.29, 0.717) is 26.4 Å². The first-order valence-electron chi connectivity index (χ1n) is 11.8.